The van der Waals surface area contributed by atoms with Gasteiger partial charge in [0.05, 0.1) is 5.69 Å². The van der Waals surface area contributed by atoms with Crippen LogP contribution in [0.2, 0.25) is 0 Å². The summed E-state index contributed by atoms with van der Waals surface area (Å²) in [5.41, 5.74) is 0.983. The third kappa shape index (κ3) is 3.28. The molecule has 0 aliphatic heterocycles. The second-order valence-corrected chi connectivity index (χ2v) is 4.96. The molecular weight excluding hydrogens is 286 g/mol. The van der Waals surface area contributed by atoms with Crippen LogP contribution < -0.4 is 4.74 Å². The van der Waals surface area contributed by atoms with Crippen molar-refractivity contribution in [2.75, 3.05) is 0 Å². The summed E-state index contributed by atoms with van der Waals surface area (Å²) in [6, 6.07) is 4.30. The molecule has 20 heavy (non-hydrogen) atoms. The second kappa shape index (κ2) is 6.22. The lowest BCUT2D eigenvalue weighted by Gasteiger charge is -2.08. The van der Waals surface area contributed by atoms with Gasteiger partial charge >= 0.3 is 0 Å². The van der Waals surface area contributed by atoms with E-state index in [0.29, 0.717) is 11.3 Å². The smallest absolute Gasteiger partial charge is 0.191 e. The third-order valence-corrected chi connectivity index (χ3v) is 3.08. The van der Waals surface area contributed by atoms with Crippen LogP contribution in [0.15, 0.2) is 24.4 Å². The van der Waals surface area contributed by atoms with Crippen LogP contribution in [0.3, 0.4) is 0 Å². The molecule has 0 N–H and O–H groups in total. The highest BCUT2D eigenvalue weighted by atomic mass is 35.5. The number of hydrogen-bond acceptors (Lipinski definition) is 2. The molecule has 1 aromatic carbocycles. The zero-order valence-corrected chi connectivity index (χ0v) is 12.0. The number of rotatable bonds is 5. The maximum Gasteiger partial charge on any atom is 0.191 e. The van der Waals surface area contributed by atoms with Crippen molar-refractivity contribution in [1.82, 2.24) is 9.78 Å². The molecule has 108 valence electrons. The molecule has 0 saturated carbocycles. The Bertz CT molecular complexity index is 576. The van der Waals surface area contributed by atoms with Gasteiger partial charge in [0, 0.05) is 18.1 Å². The predicted octanol–water partition coefficient (Wildman–Crippen LogP) is 4.06. The molecule has 0 atom stereocenters. The molecule has 0 aliphatic carbocycles. The summed E-state index contributed by atoms with van der Waals surface area (Å²) < 4.78 is 34.3. The van der Waals surface area contributed by atoms with Gasteiger partial charge in [-0.25, -0.2) is 8.78 Å². The van der Waals surface area contributed by atoms with Crippen molar-refractivity contribution in [3.63, 3.8) is 0 Å². The van der Waals surface area contributed by atoms with Crippen LogP contribution in [-0.4, -0.2) is 9.78 Å². The first-order valence-corrected chi connectivity index (χ1v) is 6.75. The summed E-state index contributed by atoms with van der Waals surface area (Å²) in [4.78, 5) is 0. The standard InChI is InChI=1S/C14H15ClF2N2O/c1-9(2)19-4-3-11(18-19)8-20-14-12(16)5-10(7-15)6-13(14)17/h3-6,9H,7-8H2,1-2H3. The van der Waals surface area contributed by atoms with E-state index in [1.807, 2.05) is 13.8 Å². The van der Waals surface area contributed by atoms with E-state index in [1.165, 1.54) is 0 Å². The molecule has 3 nitrogen and oxygen atoms in total. The van der Waals surface area contributed by atoms with Gasteiger partial charge in [0.1, 0.15) is 6.61 Å². The van der Waals surface area contributed by atoms with E-state index in [1.54, 1.807) is 16.9 Å². The number of benzene rings is 1. The Hall–Kier alpha value is -1.62. The summed E-state index contributed by atoms with van der Waals surface area (Å²) >= 11 is 5.54. The van der Waals surface area contributed by atoms with E-state index >= 15 is 0 Å². The van der Waals surface area contributed by atoms with Crippen LogP contribution in [0, 0.1) is 11.6 Å². The summed E-state index contributed by atoms with van der Waals surface area (Å²) in [6.07, 6.45) is 1.80. The van der Waals surface area contributed by atoms with Crippen LogP contribution in [0.25, 0.3) is 0 Å². The summed E-state index contributed by atoms with van der Waals surface area (Å²) in [6.45, 7) is 3.98. The molecule has 0 unspecified atom stereocenters. The van der Waals surface area contributed by atoms with Gasteiger partial charge in [-0.2, -0.15) is 5.10 Å². The molecule has 0 spiro atoms. The number of ether oxygens (including phenoxy) is 1. The lowest BCUT2D eigenvalue weighted by Crippen LogP contribution is -2.05. The van der Waals surface area contributed by atoms with E-state index in [9.17, 15) is 8.78 Å². The maximum atomic E-state index is 13.7. The molecule has 1 aromatic heterocycles. The number of nitrogens with zero attached hydrogens (tertiary/aromatic N) is 2. The fraction of sp³-hybridized carbons (Fsp3) is 0.357. The Morgan fingerprint density at radius 3 is 2.45 bits per heavy atom. The van der Waals surface area contributed by atoms with Gasteiger partial charge in [0.25, 0.3) is 0 Å². The average Bonchev–Trinajstić information content (AvgIpc) is 2.86. The zero-order chi connectivity index (χ0) is 14.7. The first-order chi connectivity index (χ1) is 9.51. The summed E-state index contributed by atoms with van der Waals surface area (Å²) in [5, 5.41) is 4.24. The van der Waals surface area contributed by atoms with Gasteiger partial charge in [-0.15, -0.1) is 11.6 Å². The van der Waals surface area contributed by atoms with Crippen LogP contribution in [-0.2, 0) is 12.5 Å². The number of halogens is 3. The first kappa shape index (κ1) is 14.8. The topological polar surface area (TPSA) is 27.1 Å². The fourth-order valence-electron chi connectivity index (χ4n) is 1.72. The Labute approximate surface area is 121 Å². The van der Waals surface area contributed by atoms with Gasteiger partial charge in [0.15, 0.2) is 17.4 Å². The Balaban J connectivity index is 2.10. The highest BCUT2D eigenvalue weighted by Crippen LogP contribution is 2.25. The quantitative estimate of drug-likeness (QED) is 0.779. The molecule has 1 heterocycles. The maximum absolute atomic E-state index is 13.7. The van der Waals surface area contributed by atoms with Crippen LogP contribution in [0.4, 0.5) is 8.78 Å². The fourth-order valence-corrected chi connectivity index (χ4v) is 1.87. The monoisotopic (exact) mass is 300 g/mol. The van der Waals surface area contributed by atoms with Crippen molar-refractivity contribution in [3.8, 4) is 5.75 Å². The minimum atomic E-state index is -0.760. The molecule has 2 rings (SSSR count). The van der Waals surface area contributed by atoms with Crippen molar-refractivity contribution in [2.24, 2.45) is 0 Å². The van der Waals surface area contributed by atoms with Crippen molar-refractivity contribution < 1.29 is 13.5 Å². The van der Waals surface area contributed by atoms with Gasteiger partial charge in [-0.1, -0.05) is 0 Å². The molecule has 0 bridgehead atoms. The van der Waals surface area contributed by atoms with Gasteiger partial charge in [0.2, 0.25) is 0 Å². The lowest BCUT2D eigenvalue weighted by atomic mass is 10.2. The van der Waals surface area contributed by atoms with Gasteiger partial charge in [-0.3, -0.25) is 4.68 Å². The SMILES string of the molecule is CC(C)n1ccc(COc2c(F)cc(CCl)cc2F)n1. The van der Waals surface area contributed by atoms with E-state index in [0.717, 1.165) is 12.1 Å². The third-order valence-electron chi connectivity index (χ3n) is 2.77. The number of hydrogen-bond donors (Lipinski definition) is 0. The van der Waals surface area contributed by atoms with Gasteiger partial charge < -0.3 is 4.74 Å². The molecule has 0 amide bonds. The minimum Gasteiger partial charge on any atom is -0.481 e. The van der Waals surface area contributed by atoms with Crippen molar-refractivity contribution in [1.29, 1.82) is 0 Å². The van der Waals surface area contributed by atoms with Crippen LogP contribution >= 0.6 is 11.6 Å². The number of aromatic nitrogens is 2. The molecule has 0 fully saturated rings. The molecule has 0 aliphatic rings. The first-order valence-electron chi connectivity index (χ1n) is 6.22. The number of alkyl halides is 1. The van der Waals surface area contributed by atoms with Crippen molar-refractivity contribution in [2.45, 2.75) is 32.4 Å². The molecule has 2 aromatic rings. The summed E-state index contributed by atoms with van der Waals surface area (Å²) in [5.74, 6) is -1.88. The van der Waals surface area contributed by atoms with E-state index in [4.69, 9.17) is 16.3 Å². The van der Waals surface area contributed by atoms with Gasteiger partial charge in [-0.05, 0) is 37.6 Å². The van der Waals surface area contributed by atoms with Crippen molar-refractivity contribution >= 4 is 11.6 Å². The van der Waals surface area contributed by atoms with Crippen LogP contribution in [0.1, 0.15) is 31.1 Å². The largest absolute Gasteiger partial charge is 0.481 e. The molecular formula is C14H15ClF2N2O. The molecule has 0 saturated heterocycles. The minimum absolute atomic E-state index is 0.00772. The normalized spacial score (nSPS) is 11.1. The Morgan fingerprint density at radius 2 is 1.95 bits per heavy atom. The molecule has 6 heteroatoms. The Kier molecular flexibility index (Phi) is 4.60. The molecule has 0 radical (unpaired) electrons. The highest BCUT2D eigenvalue weighted by molar-refractivity contribution is 6.17. The van der Waals surface area contributed by atoms with Crippen molar-refractivity contribution in [3.05, 3.63) is 47.3 Å². The van der Waals surface area contributed by atoms with Crippen LogP contribution in [0.5, 0.6) is 5.75 Å². The van der Waals surface area contributed by atoms with E-state index in [-0.39, 0.29) is 18.5 Å². The van der Waals surface area contributed by atoms with E-state index < -0.39 is 17.4 Å². The zero-order valence-electron chi connectivity index (χ0n) is 11.2. The Morgan fingerprint density at radius 1 is 1.30 bits per heavy atom. The predicted molar refractivity (Wildman–Crippen MR) is 72.9 cm³/mol. The second-order valence-electron chi connectivity index (χ2n) is 4.69. The average molecular weight is 301 g/mol. The summed E-state index contributed by atoms with van der Waals surface area (Å²) in [7, 11) is 0. The van der Waals surface area contributed by atoms with E-state index in [2.05, 4.69) is 5.10 Å². The lowest BCUT2D eigenvalue weighted by molar-refractivity contribution is 0.268. The highest BCUT2D eigenvalue weighted by Gasteiger charge is 2.13.